The largest absolute Gasteiger partial charge is 0.379 e. The molecule has 1 N–H and O–H groups in total. The van der Waals surface area contributed by atoms with Gasteiger partial charge in [-0.25, -0.2) is 0 Å². The Kier molecular flexibility index (Phi) is 8.13. The average Bonchev–Trinajstić information content (AvgIpc) is 2.93. The second kappa shape index (κ2) is 9.32. The standard InChI is InChI=1S/C13H24N4O3.ClH/c1-4-18-7-8-19-10(2)13-15-12(16-20-13)11-9-14-5-6-17(11)3;/h10-11,14H,4-9H2,1-3H3;1H. The lowest BCUT2D eigenvalue weighted by atomic mass is 10.2. The molecular weight excluding hydrogens is 296 g/mol. The number of nitrogens with one attached hydrogen (secondary N) is 1. The second-order valence-electron chi connectivity index (χ2n) is 4.90. The maximum atomic E-state index is 5.61. The summed E-state index contributed by atoms with van der Waals surface area (Å²) >= 11 is 0. The van der Waals surface area contributed by atoms with E-state index in [0.29, 0.717) is 25.7 Å². The highest BCUT2D eigenvalue weighted by atomic mass is 35.5. The molecule has 1 fully saturated rings. The van der Waals surface area contributed by atoms with Gasteiger partial charge in [0.2, 0.25) is 0 Å². The quantitative estimate of drug-likeness (QED) is 0.756. The van der Waals surface area contributed by atoms with E-state index in [0.717, 1.165) is 25.5 Å². The van der Waals surface area contributed by atoms with E-state index in [1.165, 1.54) is 0 Å². The summed E-state index contributed by atoms with van der Waals surface area (Å²) < 4.78 is 16.1. The van der Waals surface area contributed by atoms with Gasteiger partial charge in [0.15, 0.2) is 5.82 Å². The van der Waals surface area contributed by atoms with E-state index >= 15 is 0 Å². The van der Waals surface area contributed by atoms with Crippen LogP contribution in [-0.2, 0) is 9.47 Å². The van der Waals surface area contributed by atoms with Crippen LogP contribution < -0.4 is 5.32 Å². The van der Waals surface area contributed by atoms with Gasteiger partial charge in [-0.15, -0.1) is 12.4 Å². The summed E-state index contributed by atoms with van der Waals surface area (Å²) in [6.07, 6.45) is -0.210. The van der Waals surface area contributed by atoms with E-state index in [2.05, 4.69) is 27.4 Å². The van der Waals surface area contributed by atoms with Gasteiger partial charge >= 0.3 is 0 Å². The first-order chi connectivity index (χ1) is 9.72. The first-order valence-electron chi connectivity index (χ1n) is 7.16. The van der Waals surface area contributed by atoms with E-state index in [-0.39, 0.29) is 24.6 Å². The second-order valence-corrected chi connectivity index (χ2v) is 4.90. The number of halogens is 1. The number of hydrogen-bond donors (Lipinski definition) is 1. The van der Waals surface area contributed by atoms with Crippen molar-refractivity contribution < 1.29 is 14.0 Å². The minimum atomic E-state index is -0.210. The Hall–Kier alpha value is -0.730. The zero-order chi connectivity index (χ0) is 14.4. The van der Waals surface area contributed by atoms with Gasteiger partial charge in [0.05, 0.1) is 19.3 Å². The highest BCUT2D eigenvalue weighted by Crippen LogP contribution is 2.21. The molecule has 7 nitrogen and oxygen atoms in total. The number of likely N-dealkylation sites (N-methyl/N-ethyl adjacent to an activating group) is 1. The van der Waals surface area contributed by atoms with Crippen LogP contribution in [0.15, 0.2) is 4.52 Å². The molecular formula is C13H25ClN4O3. The van der Waals surface area contributed by atoms with Crippen molar-refractivity contribution >= 4 is 12.4 Å². The lowest BCUT2D eigenvalue weighted by Crippen LogP contribution is -2.44. The Morgan fingerprint density at radius 1 is 1.48 bits per heavy atom. The molecule has 1 aliphatic rings. The summed E-state index contributed by atoms with van der Waals surface area (Å²) in [4.78, 5) is 6.69. The monoisotopic (exact) mass is 320 g/mol. The Morgan fingerprint density at radius 3 is 3.00 bits per heavy atom. The van der Waals surface area contributed by atoms with Crippen LogP contribution >= 0.6 is 12.4 Å². The van der Waals surface area contributed by atoms with E-state index in [1.54, 1.807) is 0 Å². The van der Waals surface area contributed by atoms with E-state index in [1.807, 2.05) is 13.8 Å². The van der Waals surface area contributed by atoms with Crippen molar-refractivity contribution in [2.24, 2.45) is 0 Å². The zero-order valence-electron chi connectivity index (χ0n) is 12.9. The average molecular weight is 321 g/mol. The molecule has 0 radical (unpaired) electrons. The molecule has 8 heteroatoms. The van der Waals surface area contributed by atoms with Crippen molar-refractivity contribution in [2.75, 3.05) is 46.5 Å². The molecule has 21 heavy (non-hydrogen) atoms. The fourth-order valence-electron chi connectivity index (χ4n) is 2.14. The predicted molar refractivity (Wildman–Crippen MR) is 80.6 cm³/mol. The normalized spacial score (nSPS) is 21.0. The van der Waals surface area contributed by atoms with Crippen LogP contribution in [0.1, 0.15) is 37.7 Å². The molecule has 0 spiro atoms. The Balaban J connectivity index is 0.00000220. The first-order valence-corrected chi connectivity index (χ1v) is 7.16. The third kappa shape index (κ3) is 5.19. The van der Waals surface area contributed by atoms with Gasteiger partial charge in [-0.3, -0.25) is 4.90 Å². The summed E-state index contributed by atoms with van der Waals surface area (Å²) in [6.45, 7) is 8.49. The van der Waals surface area contributed by atoms with Gasteiger partial charge in [0.25, 0.3) is 5.89 Å². The molecule has 0 aromatic carbocycles. The summed E-state index contributed by atoms with van der Waals surface area (Å²) in [6, 6.07) is 0.164. The maximum Gasteiger partial charge on any atom is 0.255 e. The summed E-state index contributed by atoms with van der Waals surface area (Å²) in [5, 5.41) is 7.42. The fourth-order valence-corrected chi connectivity index (χ4v) is 2.14. The number of aromatic nitrogens is 2. The number of piperazine rings is 1. The summed E-state index contributed by atoms with van der Waals surface area (Å²) in [5.41, 5.74) is 0. The third-order valence-electron chi connectivity index (χ3n) is 3.41. The van der Waals surface area contributed by atoms with Gasteiger partial charge in [-0.2, -0.15) is 4.98 Å². The molecule has 2 heterocycles. The van der Waals surface area contributed by atoms with Crippen LogP contribution in [0, 0.1) is 0 Å². The number of hydrogen-bond acceptors (Lipinski definition) is 7. The van der Waals surface area contributed by atoms with E-state index in [4.69, 9.17) is 14.0 Å². The Morgan fingerprint density at radius 2 is 2.29 bits per heavy atom. The molecule has 2 atom stereocenters. The molecule has 122 valence electrons. The SMILES string of the molecule is CCOCCOC(C)c1nc(C2CNCCN2C)no1.Cl. The van der Waals surface area contributed by atoms with Crippen molar-refractivity contribution in [3.8, 4) is 0 Å². The summed E-state index contributed by atoms with van der Waals surface area (Å²) in [5.74, 6) is 1.24. The van der Waals surface area contributed by atoms with E-state index in [9.17, 15) is 0 Å². The Labute approximate surface area is 131 Å². The molecule has 1 aromatic heterocycles. The van der Waals surface area contributed by atoms with Gasteiger partial charge in [0, 0.05) is 26.2 Å². The molecule has 2 unspecified atom stereocenters. The zero-order valence-corrected chi connectivity index (χ0v) is 13.7. The smallest absolute Gasteiger partial charge is 0.255 e. The van der Waals surface area contributed by atoms with E-state index < -0.39 is 0 Å². The number of ether oxygens (including phenoxy) is 2. The van der Waals surface area contributed by atoms with Crippen LogP contribution in [-0.4, -0.2) is 61.5 Å². The van der Waals surface area contributed by atoms with Crippen LogP contribution in [0.2, 0.25) is 0 Å². The number of rotatable bonds is 7. The molecule has 1 aliphatic heterocycles. The molecule has 2 rings (SSSR count). The molecule has 1 aromatic rings. The minimum absolute atomic E-state index is 0. The molecule has 0 aliphatic carbocycles. The predicted octanol–water partition coefficient (Wildman–Crippen LogP) is 1.18. The van der Waals surface area contributed by atoms with Crippen molar-refractivity contribution in [1.82, 2.24) is 20.4 Å². The van der Waals surface area contributed by atoms with Gasteiger partial charge in [-0.1, -0.05) is 5.16 Å². The molecule has 0 amide bonds. The minimum Gasteiger partial charge on any atom is -0.379 e. The lowest BCUT2D eigenvalue weighted by Gasteiger charge is -2.30. The van der Waals surface area contributed by atoms with Crippen molar-refractivity contribution in [1.29, 1.82) is 0 Å². The lowest BCUT2D eigenvalue weighted by molar-refractivity contribution is 0.00144. The fraction of sp³-hybridized carbons (Fsp3) is 0.846. The van der Waals surface area contributed by atoms with Crippen LogP contribution in [0.4, 0.5) is 0 Å². The van der Waals surface area contributed by atoms with Crippen molar-refractivity contribution in [3.05, 3.63) is 11.7 Å². The number of nitrogens with zero attached hydrogens (tertiary/aromatic N) is 3. The van der Waals surface area contributed by atoms with Crippen LogP contribution in [0.5, 0.6) is 0 Å². The summed E-state index contributed by atoms with van der Waals surface area (Å²) in [7, 11) is 2.07. The highest BCUT2D eigenvalue weighted by molar-refractivity contribution is 5.85. The van der Waals surface area contributed by atoms with Crippen LogP contribution in [0.25, 0.3) is 0 Å². The highest BCUT2D eigenvalue weighted by Gasteiger charge is 2.26. The topological polar surface area (TPSA) is 72.7 Å². The van der Waals surface area contributed by atoms with Crippen molar-refractivity contribution in [2.45, 2.75) is 26.0 Å². The Bertz CT molecular complexity index is 405. The first kappa shape index (κ1) is 18.3. The molecule has 0 saturated carbocycles. The maximum absolute atomic E-state index is 5.61. The van der Waals surface area contributed by atoms with Gasteiger partial charge in [0.1, 0.15) is 6.10 Å². The van der Waals surface area contributed by atoms with Gasteiger partial charge < -0.3 is 19.3 Å². The van der Waals surface area contributed by atoms with Gasteiger partial charge in [-0.05, 0) is 20.9 Å². The molecule has 0 bridgehead atoms. The van der Waals surface area contributed by atoms with Crippen LogP contribution in [0.3, 0.4) is 0 Å². The van der Waals surface area contributed by atoms with Crippen molar-refractivity contribution in [3.63, 3.8) is 0 Å². The molecule has 1 saturated heterocycles. The third-order valence-corrected chi connectivity index (χ3v) is 3.41.